The molecule has 3 aromatic rings. The fraction of sp³-hybridized carbons (Fsp3) is 0.304. The van der Waals surface area contributed by atoms with Crippen LogP contribution in [0.4, 0.5) is 23.2 Å². The molecule has 186 valence electrons. The van der Waals surface area contributed by atoms with Crippen molar-refractivity contribution in [3.05, 3.63) is 76.2 Å². The number of nitrogens with zero attached hydrogens (tertiary/aromatic N) is 4. The molecule has 0 bridgehead atoms. The Morgan fingerprint density at radius 1 is 0.829 bits per heavy atom. The molecule has 7 nitrogen and oxygen atoms in total. The van der Waals surface area contributed by atoms with Gasteiger partial charge in [0, 0.05) is 38.3 Å². The second-order valence-corrected chi connectivity index (χ2v) is 10.9. The van der Waals surface area contributed by atoms with Crippen molar-refractivity contribution in [3.8, 4) is 16.8 Å². The molecule has 12 heteroatoms. The fourth-order valence-electron chi connectivity index (χ4n) is 3.98. The van der Waals surface area contributed by atoms with Crippen LogP contribution in [0, 0.1) is 23.3 Å². The molecular formula is C23H22F4N4O3S. The standard InChI is InChI=1S/C23H22F4N4O3S/c1-14(2)35(33,34)30-5-3-29(4-6-30)21-13-28-31(20-11-18(26)10-19(27)12-20)23(32)22(21)15-7-16(24)9-17(25)8-15/h7-14H,3-6H2,1-2H3. The van der Waals surface area contributed by atoms with Gasteiger partial charge in [-0.1, -0.05) is 0 Å². The highest BCUT2D eigenvalue weighted by atomic mass is 32.2. The van der Waals surface area contributed by atoms with Crippen LogP contribution in [0.2, 0.25) is 0 Å². The van der Waals surface area contributed by atoms with Crippen LogP contribution in [0.15, 0.2) is 47.4 Å². The van der Waals surface area contributed by atoms with Crippen LogP contribution in [-0.2, 0) is 10.0 Å². The van der Waals surface area contributed by atoms with Crippen molar-refractivity contribution >= 4 is 15.7 Å². The van der Waals surface area contributed by atoms with Crippen LogP contribution in [0.1, 0.15) is 13.8 Å². The normalized spacial score (nSPS) is 15.1. The number of sulfonamides is 1. The van der Waals surface area contributed by atoms with Gasteiger partial charge in [0.25, 0.3) is 5.56 Å². The maximum absolute atomic E-state index is 14.1. The molecule has 2 aromatic carbocycles. The van der Waals surface area contributed by atoms with Gasteiger partial charge in [0.15, 0.2) is 0 Å². The Kier molecular flexibility index (Phi) is 6.69. The van der Waals surface area contributed by atoms with E-state index in [1.165, 1.54) is 10.5 Å². The highest BCUT2D eigenvalue weighted by molar-refractivity contribution is 7.89. The van der Waals surface area contributed by atoms with Gasteiger partial charge in [0.05, 0.1) is 28.4 Å². The summed E-state index contributed by atoms with van der Waals surface area (Å²) < 4.78 is 82.8. The molecule has 1 aromatic heterocycles. The number of piperazine rings is 1. The first-order valence-electron chi connectivity index (χ1n) is 10.8. The SMILES string of the molecule is CC(C)S(=O)(=O)N1CCN(c2cnn(-c3cc(F)cc(F)c3)c(=O)c2-c2cc(F)cc(F)c2)CC1. The van der Waals surface area contributed by atoms with E-state index in [-0.39, 0.29) is 48.7 Å². The van der Waals surface area contributed by atoms with Gasteiger partial charge >= 0.3 is 0 Å². The first-order chi connectivity index (χ1) is 16.5. The number of rotatable bonds is 5. The third kappa shape index (κ3) is 4.94. The van der Waals surface area contributed by atoms with Gasteiger partial charge < -0.3 is 4.90 Å². The van der Waals surface area contributed by atoms with Gasteiger partial charge in [-0.2, -0.15) is 14.1 Å². The summed E-state index contributed by atoms with van der Waals surface area (Å²) in [4.78, 5) is 15.2. The van der Waals surface area contributed by atoms with Crippen LogP contribution in [0.3, 0.4) is 0 Å². The van der Waals surface area contributed by atoms with E-state index in [9.17, 15) is 30.8 Å². The van der Waals surface area contributed by atoms with E-state index in [4.69, 9.17) is 0 Å². The summed E-state index contributed by atoms with van der Waals surface area (Å²) in [5.74, 6) is -3.70. The highest BCUT2D eigenvalue weighted by Crippen LogP contribution is 2.30. The van der Waals surface area contributed by atoms with Crippen LogP contribution in [-0.4, -0.2) is 53.9 Å². The van der Waals surface area contributed by atoms with Crippen LogP contribution in [0.25, 0.3) is 16.8 Å². The molecule has 1 fully saturated rings. The Morgan fingerprint density at radius 3 is 1.86 bits per heavy atom. The molecule has 0 N–H and O–H groups in total. The lowest BCUT2D eigenvalue weighted by Crippen LogP contribution is -2.50. The van der Waals surface area contributed by atoms with Crippen molar-refractivity contribution in [2.75, 3.05) is 31.1 Å². The van der Waals surface area contributed by atoms with Gasteiger partial charge in [0.1, 0.15) is 23.3 Å². The number of aromatic nitrogens is 2. The summed E-state index contributed by atoms with van der Waals surface area (Å²) in [6, 6.07) is 5.04. The highest BCUT2D eigenvalue weighted by Gasteiger charge is 2.31. The molecule has 0 radical (unpaired) electrons. The van der Waals surface area contributed by atoms with E-state index < -0.39 is 44.1 Å². The summed E-state index contributed by atoms with van der Waals surface area (Å²) >= 11 is 0. The predicted molar refractivity (Wildman–Crippen MR) is 123 cm³/mol. The van der Waals surface area contributed by atoms with E-state index >= 15 is 0 Å². The maximum Gasteiger partial charge on any atom is 0.281 e. The molecule has 0 amide bonds. The minimum Gasteiger partial charge on any atom is -0.367 e. The Morgan fingerprint density at radius 2 is 1.34 bits per heavy atom. The zero-order valence-corrected chi connectivity index (χ0v) is 19.7. The largest absolute Gasteiger partial charge is 0.367 e. The molecule has 1 aliphatic heterocycles. The second-order valence-electron chi connectivity index (χ2n) is 8.39. The lowest BCUT2D eigenvalue weighted by atomic mass is 10.0. The molecule has 0 unspecified atom stereocenters. The Hall–Kier alpha value is -3.25. The van der Waals surface area contributed by atoms with Gasteiger partial charge in [0.2, 0.25) is 10.0 Å². The monoisotopic (exact) mass is 510 g/mol. The average Bonchev–Trinajstić information content (AvgIpc) is 2.77. The number of hydrogen-bond donors (Lipinski definition) is 0. The maximum atomic E-state index is 14.1. The van der Waals surface area contributed by atoms with Crippen molar-refractivity contribution in [3.63, 3.8) is 0 Å². The molecule has 4 rings (SSSR count). The number of benzene rings is 2. The molecule has 1 saturated heterocycles. The van der Waals surface area contributed by atoms with E-state index in [1.807, 2.05) is 0 Å². The lowest BCUT2D eigenvalue weighted by Gasteiger charge is -2.36. The molecular weight excluding hydrogens is 488 g/mol. The third-order valence-electron chi connectivity index (χ3n) is 5.74. The Bertz CT molecular complexity index is 1390. The number of anilines is 1. The van der Waals surface area contributed by atoms with Gasteiger partial charge in [-0.15, -0.1) is 0 Å². The van der Waals surface area contributed by atoms with Crippen molar-refractivity contribution in [2.45, 2.75) is 19.1 Å². The smallest absolute Gasteiger partial charge is 0.281 e. The molecule has 0 aliphatic carbocycles. The van der Waals surface area contributed by atoms with Crippen molar-refractivity contribution in [1.29, 1.82) is 0 Å². The lowest BCUT2D eigenvalue weighted by molar-refractivity contribution is 0.381. The average molecular weight is 511 g/mol. The van der Waals surface area contributed by atoms with Gasteiger partial charge in [-0.25, -0.2) is 26.0 Å². The summed E-state index contributed by atoms with van der Waals surface area (Å²) in [7, 11) is -3.48. The van der Waals surface area contributed by atoms with Gasteiger partial charge in [-0.3, -0.25) is 4.79 Å². The van der Waals surface area contributed by atoms with Crippen molar-refractivity contribution < 1.29 is 26.0 Å². The number of halogens is 4. The molecule has 0 spiro atoms. The van der Waals surface area contributed by atoms with Crippen LogP contribution in [0.5, 0.6) is 0 Å². The first kappa shape index (κ1) is 24.9. The van der Waals surface area contributed by atoms with Gasteiger partial charge in [-0.05, 0) is 43.7 Å². The summed E-state index contributed by atoms with van der Waals surface area (Å²) in [6.07, 6.45) is 1.26. The molecule has 0 saturated carbocycles. The van der Waals surface area contributed by atoms with Crippen molar-refractivity contribution in [1.82, 2.24) is 14.1 Å². The topological polar surface area (TPSA) is 75.5 Å². The molecule has 0 atom stereocenters. The third-order valence-corrected chi connectivity index (χ3v) is 8.01. The van der Waals surface area contributed by atoms with E-state index in [2.05, 4.69) is 5.10 Å². The zero-order chi connectivity index (χ0) is 25.5. The molecule has 35 heavy (non-hydrogen) atoms. The van der Waals surface area contributed by atoms with E-state index in [0.717, 1.165) is 28.9 Å². The van der Waals surface area contributed by atoms with Crippen LogP contribution < -0.4 is 10.5 Å². The first-order valence-corrected chi connectivity index (χ1v) is 12.3. The minimum atomic E-state index is -3.48. The van der Waals surface area contributed by atoms with E-state index in [1.54, 1.807) is 18.7 Å². The quantitative estimate of drug-likeness (QED) is 0.493. The molecule has 2 heterocycles. The molecule has 1 aliphatic rings. The fourth-order valence-corrected chi connectivity index (χ4v) is 5.25. The van der Waals surface area contributed by atoms with Crippen molar-refractivity contribution in [2.24, 2.45) is 0 Å². The summed E-state index contributed by atoms with van der Waals surface area (Å²) in [6.45, 7) is 3.81. The second kappa shape index (κ2) is 9.42. The zero-order valence-electron chi connectivity index (χ0n) is 18.9. The Labute approximate surface area is 199 Å². The van der Waals surface area contributed by atoms with Crippen LogP contribution >= 0.6 is 0 Å². The summed E-state index contributed by atoms with van der Waals surface area (Å²) in [5, 5.41) is 3.44. The number of hydrogen-bond acceptors (Lipinski definition) is 5. The predicted octanol–water partition coefficient (Wildman–Crippen LogP) is 3.32. The summed E-state index contributed by atoms with van der Waals surface area (Å²) in [5.41, 5.74) is -1.06. The minimum absolute atomic E-state index is 0.0900. The Balaban J connectivity index is 1.82. The van der Waals surface area contributed by atoms with E-state index in [0.29, 0.717) is 12.1 Å².